The number of nitrogens with zero attached hydrogens (tertiary/aromatic N) is 1. The molecule has 0 aliphatic carbocycles. The summed E-state index contributed by atoms with van der Waals surface area (Å²) in [6, 6.07) is 10.0. The molecule has 5 nitrogen and oxygen atoms in total. The van der Waals surface area contributed by atoms with E-state index in [0.29, 0.717) is 19.8 Å². The topological polar surface area (TPSA) is 48.0 Å². The minimum Gasteiger partial charge on any atom is -0.444 e. The molecule has 0 saturated carbocycles. The quantitative estimate of drug-likeness (QED) is 0.835. The zero-order valence-electron chi connectivity index (χ0n) is 14.5. The van der Waals surface area contributed by atoms with Crippen LogP contribution in [-0.4, -0.2) is 49.0 Å². The van der Waals surface area contributed by atoms with Crippen molar-refractivity contribution in [1.82, 2.24) is 4.90 Å². The Balaban J connectivity index is 1.93. The maximum atomic E-state index is 12.4. The highest BCUT2D eigenvalue weighted by Gasteiger charge is 2.38. The SMILES string of the molecule is COC[C@@H]1C[C@@H](OCc2ccccc2)CN1C(=O)OC(C)(C)C. The summed E-state index contributed by atoms with van der Waals surface area (Å²) in [5.74, 6) is 0. The first kappa shape index (κ1) is 17.8. The van der Waals surface area contributed by atoms with Crippen LogP contribution in [0.4, 0.5) is 4.79 Å². The van der Waals surface area contributed by atoms with Gasteiger partial charge in [-0.05, 0) is 32.8 Å². The Labute approximate surface area is 138 Å². The summed E-state index contributed by atoms with van der Waals surface area (Å²) in [5.41, 5.74) is 0.629. The van der Waals surface area contributed by atoms with Crippen LogP contribution < -0.4 is 0 Å². The van der Waals surface area contributed by atoms with Crippen LogP contribution in [0.2, 0.25) is 0 Å². The Morgan fingerprint density at radius 2 is 1.96 bits per heavy atom. The van der Waals surface area contributed by atoms with Crippen LogP contribution in [0, 0.1) is 0 Å². The lowest BCUT2D eigenvalue weighted by Crippen LogP contribution is -2.41. The number of carbonyl (C=O) groups excluding carboxylic acids is 1. The third-order valence-electron chi connectivity index (χ3n) is 3.69. The van der Waals surface area contributed by atoms with Gasteiger partial charge in [0.25, 0.3) is 0 Å². The highest BCUT2D eigenvalue weighted by Crippen LogP contribution is 2.24. The van der Waals surface area contributed by atoms with Gasteiger partial charge < -0.3 is 19.1 Å². The number of benzene rings is 1. The number of methoxy groups -OCH3 is 1. The monoisotopic (exact) mass is 321 g/mol. The smallest absolute Gasteiger partial charge is 0.410 e. The van der Waals surface area contributed by atoms with Crippen LogP contribution in [0.1, 0.15) is 32.8 Å². The molecule has 5 heteroatoms. The van der Waals surface area contributed by atoms with Crippen molar-refractivity contribution in [3.05, 3.63) is 35.9 Å². The molecule has 0 aromatic heterocycles. The van der Waals surface area contributed by atoms with E-state index in [2.05, 4.69) is 0 Å². The van der Waals surface area contributed by atoms with Gasteiger partial charge in [-0.15, -0.1) is 0 Å². The molecule has 1 aromatic rings. The molecule has 0 bridgehead atoms. The van der Waals surface area contributed by atoms with Gasteiger partial charge in [0.05, 0.1) is 31.9 Å². The van der Waals surface area contributed by atoms with Gasteiger partial charge in [0.2, 0.25) is 0 Å². The van der Waals surface area contributed by atoms with Gasteiger partial charge in [0.15, 0.2) is 0 Å². The van der Waals surface area contributed by atoms with Crippen molar-refractivity contribution < 1.29 is 19.0 Å². The molecule has 0 N–H and O–H groups in total. The number of ether oxygens (including phenoxy) is 3. The van der Waals surface area contributed by atoms with E-state index in [1.54, 1.807) is 12.0 Å². The predicted octanol–water partition coefficient (Wildman–Crippen LogP) is 3.23. The summed E-state index contributed by atoms with van der Waals surface area (Å²) in [7, 11) is 1.64. The van der Waals surface area contributed by atoms with Gasteiger partial charge in [0.1, 0.15) is 5.60 Å². The molecule has 23 heavy (non-hydrogen) atoms. The maximum Gasteiger partial charge on any atom is 0.410 e. The van der Waals surface area contributed by atoms with Crippen LogP contribution >= 0.6 is 0 Å². The molecule has 1 amide bonds. The number of rotatable bonds is 5. The molecule has 0 radical (unpaired) electrons. The van der Waals surface area contributed by atoms with Crippen molar-refractivity contribution in [3.8, 4) is 0 Å². The summed E-state index contributed by atoms with van der Waals surface area (Å²) >= 11 is 0. The molecule has 0 unspecified atom stereocenters. The van der Waals surface area contributed by atoms with Crippen LogP contribution in [0.25, 0.3) is 0 Å². The highest BCUT2D eigenvalue weighted by molar-refractivity contribution is 5.69. The Hall–Kier alpha value is -1.59. The normalized spacial score (nSPS) is 21.5. The zero-order chi connectivity index (χ0) is 16.9. The predicted molar refractivity (Wildman–Crippen MR) is 88.2 cm³/mol. The van der Waals surface area contributed by atoms with Crippen molar-refractivity contribution >= 4 is 6.09 Å². The van der Waals surface area contributed by atoms with E-state index in [1.807, 2.05) is 51.1 Å². The molecule has 2 rings (SSSR count). The average Bonchev–Trinajstić information content (AvgIpc) is 2.88. The first-order valence-electron chi connectivity index (χ1n) is 8.03. The van der Waals surface area contributed by atoms with Crippen LogP contribution in [0.3, 0.4) is 0 Å². The third-order valence-corrected chi connectivity index (χ3v) is 3.69. The molecular weight excluding hydrogens is 294 g/mol. The lowest BCUT2D eigenvalue weighted by atomic mass is 10.2. The molecule has 0 spiro atoms. The summed E-state index contributed by atoms with van der Waals surface area (Å²) in [4.78, 5) is 14.1. The molecule has 1 aromatic carbocycles. The molecule has 2 atom stereocenters. The molecule has 1 aliphatic rings. The Morgan fingerprint density at radius 3 is 2.57 bits per heavy atom. The fraction of sp³-hybridized carbons (Fsp3) is 0.611. The third kappa shape index (κ3) is 5.52. The first-order valence-corrected chi connectivity index (χ1v) is 8.03. The van der Waals surface area contributed by atoms with Crippen LogP contribution in [0.15, 0.2) is 30.3 Å². The van der Waals surface area contributed by atoms with E-state index in [4.69, 9.17) is 14.2 Å². The minimum absolute atomic E-state index is 0.00266. The number of hydrogen-bond donors (Lipinski definition) is 0. The fourth-order valence-electron chi connectivity index (χ4n) is 2.68. The molecule has 128 valence electrons. The van der Waals surface area contributed by atoms with E-state index in [9.17, 15) is 4.79 Å². The first-order chi connectivity index (χ1) is 10.9. The van der Waals surface area contributed by atoms with E-state index >= 15 is 0 Å². The molecule has 1 aliphatic heterocycles. The minimum atomic E-state index is -0.502. The Kier molecular flexibility index (Phi) is 6.02. The van der Waals surface area contributed by atoms with Gasteiger partial charge in [-0.25, -0.2) is 4.79 Å². The largest absolute Gasteiger partial charge is 0.444 e. The van der Waals surface area contributed by atoms with Crippen molar-refractivity contribution in [2.45, 2.75) is 51.5 Å². The zero-order valence-corrected chi connectivity index (χ0v) is 14.5. The summed E-state index contributed by atoms with van der Waals surface area (Å²) < 4.78 is 16.7. The van der Waals surface area contributed by atoms with Crippen LogP contribution in [0.5, 0.6) is 0 Å². The Morgan fingerprint density at radius 1 is 1.26 bits per heavy atom. The van der Waals surface area contributed by atoms with E-state index < -0.39 is 5.60 Å². The second-order valence-corrected chi connectivity index (χ2v) is 6.90. The molecule has 1 saturated heterocycles. The van der Waals surface area contributed by atoms with Gasteiger partial charge >= 0.3 is 6.09 Å². The lowest BCUT2D eigenvalue weighted by Gasteiger charge is -2.28. The molecule has 1 heterocycles. The van der Waals surface area contributed by atoms with E-state index in [1.165, 1.54) is 0 Å². The molecular formula is C18H27NO4. The van der Waals surface area contributed by atoms with Gasteiger partial charge in [-0.2, -0.15) is 0 Å². The molecule has 1 fully saturated rings. The summed E-state index contributed by atoms with van der Waals surface area (Å²) in [6.07, 6.45) is 0.466. The number of amides is 1. The fourth-order valence-corrected chi connectivity index (χ4v) is 2.68. The summed E-state index contributed by atoms with van der Waals surface area (Å²) in [5, 5.41) is 0. The summed E-state index contributed by atoms with van der Waals surface area (Å²) in [6.45, 7) is 7.19. The van der Waals surface area contributed by atoms with Crippen molar-refractivity contribution in [1.29, 1.82) is 0 Å². The van der Waals surface area contributed by atoms with Gasteiger partial charge in [0, 0.05) is 7.11 Å². The van der Waals surface area contributed by atoms with Gasteiger partial charge in [-0.3, -0.25) is 0 Å². The lowest BCUT2D eigenvalue weighted by molar-refractivity contribution is 0.0103. The van der Waals surface area contributed by atoms with E-state index in [-0.39, 0.29) is 18.2 Å². The van der Waals surface area contributed by atoms with E-state index in [0.717, 1.165) is 12.0 Å². The van der Waals surface area contributed by atoms with Crippen molar-refractivity contribution in [2.24, 2.45) is 0 Å². The second-order valence-electron chi connectivity index (χ2n) is 6.90. The second kappa shape index (κ2) is 7.79. The number of hydrogen-bond acceptors (Lipinski definition) is 4. The number of carbonyl (C=O) groups is 1. The highest BCUT2D eigenvalue weighted by atomic mass is 16.6. The average molecular weight is 321 g/mol. The Bertz CT molecular complexity index is 497. The standard InChI is InChI=1S/C18H27NO4/c1-18(2,3)23-17(20)19-11-16(10-15(19)13-21-4)22-12-14-8-6-5-7-9-14/h5-9,15-16H,10-13H2,1-4H3/t15-,16+/m0/s1. The van der Waals surface area contributed by atoms with Crippen molar-refractivity contribution in [3.63, 3.8) is 0 Å². The van der Waals surface area contributed by atoms with Crippen LogP contribution in [-0.2, 0) is 20.8 Å². The van der Waals surface area contributed by atoms with Gasteiger partial charge in [-0.1, -0.05) is 30.3 Å². The van der Waals surface area contributed by atoms with Crippen molar-refractivity contribution in [2.75, 3.05) is 20.3 Å². The number of likely N-dealkylation sites (tertiary alicyclic amines) is 1. The maximum absolute atomic E-state index is 12.4.